The Bertz CT molecular complexity index is 296. The third-order valence-electron chi connectivity index (χ3n) is 4.17. The van der Waals surface area contributed by atoms with Gasteiger partial charge in [-0.15, -0.1) is 12.4 Å². The zero-order chi connectivity index (χ0) is 11.8. The fourth-order valence-electron chi connectivity index (χ4n) is 3.40. The largest absolute Gasteiger partial charge is 0.393 e. The number of carbonyl (C=O) groups is 1. The van der Waals surface area contributed by atoms with Gasteiger partial charge >= 0.3 is 0 Å². The molecule has 3 unspecified atom stereocenters. The van der Waals surface area contributed by atoms with Crippen LogP contribution in [-0.4, -0.2) is 59.9 Å². The van der Waals surface area contributed by atoms with Gasteiger partial charge in [0.15, 0.2) is 0 Å². The number of rotatable bonds is 1. The number of carbonyl (C=O) groups excluding carboxylic acids is 1. The summed E-state index contributed by atoms with van der Waals surface area (Å²) in [7, 11) is 0. The molecular weight excluding hydrogens is 256 g/mol. The quantitative estimate of drug-likeness (QED) is 0.703. The maximum atomic E-state index is 12.4. The van der Waals surface area contributed by atoms with E-state index in [0.29, 0.717) is 13.2 Å². The summed E-state index contributed by atoms with van der Waals surface area (Å²) in [5.41, 5.74) is 0. The number of morpholine rings is 1. The molecule has 3 heterocycles. The number of hydrogen-bond acceptors (Lipinski definition) is 4. The SMILES string of the molecule is Cl.O=C(C1CNCCO1)N1C2CCC1CC(O)C2. The van der Waals surface area contributed by atoms with Crippen LogP contribution in [0.15, 0.2) is 0 Å². The van der Waals surface area contributed by atoms with Gasteiger partial charge in [0.1, 0.15) is 6.10 Å². The lowest BCUT2D eigenvalue weighted by molar-refractivity contribution is -0.151. The van der Waals surface area contributed by atoms with E-state index in [2.05, 4.69) is 5.32 Å². The summed E-state index contributed by atoms with van der Waals surface area (Å²) in [5.74, 6) is 0.122. The Balaban J connectivity index is 0.00000120. The van der Waals surface area contributed by atoms with Crippen molar-refractivity contribution in [1.29, 1.82) is 0 Å². The van der Waals surface area contributed by atoms with Gasteiger partial charge in [-0.3, -0.25) is 4.79 Å². The molecule has 0 aliphatic carbocycles. The van der Waals surface area contributed by atoms with Gasteiger partial charge in [-0.25, -0.2) is 0 Å². The van der Waals surface area contributed by atoms with Crippen molar-refractivity contribution >= 4 is 18.3 Å². The molecular formula is C12H21ClN2O3. The number of nitrogens with zero attached hydrogens (tertiary/aromatic N) is 1. The summed E-state index contributed by atoms with van der Waals surface area (Å²) < 4.78 is 5.53. The molecule has 0 radical (unpaired) electrons. The van der Waals surface area contributed by atoms with E-state index in [1.807, 2.05) is 4.90 Å². The van der Waals surface area contributed by atoms with Crippen LogP contribution in [0, 0.1) is 0 Å². The normalized spacial score (nSPS) is 39.3. The monoisotopic (exact) mass is 276 g/mol. The Labute approximate surface area is 113 Å². The van der Waals surface area contributed by atoms with Crippen LogP contribution in [0.5, 0.6) is 0 Å². The van der Waals surface area contributed by atoms with E-state index in [-0.39, 0.29) is 42.6 Å². The van der Waals surface area contributed by atoms with Crippen LogP contribution in [0.25, 0.3) is 0 Å². The molecule has 0 aromatic heterocycles. The first-order valence-corrected chi connectivity index (χ1v) is 6.58. The zero-order valence-corrected chi connectivity index (χ0v) is 11.2. The highest BCUT2D eigenvalue weighted by atomic mass is 35.5. The van der Waals surface area contributed by atoms with Gasteiger partial charge in [-0.2, -0.15) is 0 Å². The van der Waals surface area contributed by atoms with Gasteiger partial charge in [0.25, 0.3) is 5.91 Å². The summed E-state index contributed by atoms with van der Waals surface area (Å²) in [6, 6.07) is 0.476. The molecule has 0 aromatic carbocycles. The van der Waals surface area contributed by atoms with Crippen LogP contribution in [0.2, 0.25) is 0 Å². The molecule has 1 amide bonds. The van der Waals surface area contributed by atoms with E-state index >= 15 is 0 Å². The average molecular weight is 277 g/mol. The number of ether oxygens (including phenoxy) is 1. The lowest BCUT2D eigenvalue weighted by Gasteiger charge is -2.39. The van der Waals surface area contributed by atoms with Gasteiger partial charge in [0.2, 0.25) is 0 Å². The number of hydrogen-bond donors (Lipinski definition) is 2. The highest BCUT2D eigenvalue weighted by molar-refractivity contribution is 5.85. The Morgan fingerprint density at radius 3 is 2.50 bits per heavy atom. The summed E-state index contributed by atoms with van der Waals surface area (Å²) in [4.78, 5) is 14.4. The van der Waals surface area contributed by atoms with Crippen molar-refractivity contribution in [3.63, 3.8) is 0 Å². The Morgan fingerprint density at radius 2 is 1.94 bits per heavy atom. The van der Waals surface area contributed by atoms with Crippen molar-refractivity contribution in [3.8, 4) is 0 Å². The van der Waals surface area contributed by atoms with Crippen LogP contribution in [0.3, 0.4) is 0 Å². The van der Waals surface area contributed by atoms with Crippen molar-refractivity contribution in [1.82, 2.24) is 10.2 Å². The van der Waals surface area contributed by atoms with Crippen molar-refractivity contribution in [2.75, 3.05) is 19.7 Å². The summed E-state index contributed by atoms with van der Waals surface area (Å²) in [6.45, 7) is 2.06. The number of aliphatic hydroxyl groups is 1. The molecule has 3 saturated heterocycles. The molecule has 18 heavy (non-hydrogen) atoms. The van der Waals surface area contributed by atoms with Crippen molar-refractivity contribution in [2.24, 2.45) is 0 Å². The van der Waals surface area contributed by atoms with Crippen LogP contribution < -0.4 is 5.32 Å². The van der Waals surface area contributed by atoms with E-state index in [9.17, 15) is 9.90 Å². The van der Waals surface area contributed by atoms with Crippen molar-refractivity contribution in [2.45, 2.75) is 50.0 Å². The van der Waals surface area contributed by atoms with Gasteiger partial charge in [0, 0.05) is 25.2 Å². The van der Waals surface area contributed by atoms with E-state index < -0.39 is 0 Å². The molecule has 3 rings (SSSR count). The third kappa shape index (κ3) is 2.50. The van der Waals surface area contributed by atoms with Crippen molar-refractivity contribution in [3.05, 3.63) is 0 Å². The van der Waals surface area contributed by atoms with E-state index in [0.717, 1.165) is 32.2 Å². The molecule has 3 fully saturated rings. The Kier molecular flexibility index (Phi) is 4.48. The number of nitrogens with one attached hydrogen (secondary N) is 1. The van der Waals surface area contributed by atoms with Gasteiger partial charge in [-0.05, 0) is 25.7 Å². The van der Waals surface area contributed by atoms with Gasteiger partial charge < -0.3 is 20.1 Å². The average Bonchev–Trinajstić information content (AvgIpc) is 2.62. The first-order valence-electron chi connectivity index (χ1n) is 6.58. The maximum Gasteiger partial charge on any atom is 0.253 e. The minimum atomic E-state index is -0.318. The lowest BCUT2D eigenvalue weighted by atomic mass is 9.99. The third-order valence-corrected chi connectivity index (χ3v) is 4.17. The fourth-order valence-corrected chi connectivity index (χ4v) is 3.40. The minimum Gasteiger partial charge on any atom is -0.393 e. The molecule has 2 bridgehead atoms. The number of aliphatic hydroxyl groups excluding tert-OH is 1. The molecule has 3 atom stereocenters. The first-order chi connectivity index (χ1) is 8.25. The Morgan fingerprint density at radius 1 is 1.28 bits per heavy atom. The topological polar surface area (TPSA) is 61.8 Å². The molecule has 2 N–H and O–H groups in total. The minimum absolute atomic E-state index is 0. The molecule has 104 valence electrons. The van der Waals surface area contributed by atoms with Crippen molar-refractivity contribution < 1.29 is 14.6 Å². The van der Waals surface area contributed by atoms with E-state index in [1.165, 1.54) is 0 Å². The van der Waals surface area contributed by atoms with Crippen LogP contribution in [0.4, 0.5) is 0 Å². The smallest absolute Gasteiger partial charge is 0.253 e. The molecule has 6 heteroatoms. The number of amides is 1. The Hall–Kier alpha value is -0.360. The fraction of sp³-hybridized carbons (Fsp3) is 0.917. The second kappa shape index (κ2) is 5.74. The predicted molar refractivity (Wildman–Crippen MR) is 68.8 cm³/mol. The predicted octanol–water partition coefficient (Wildman–Crippen LogP) is -0.0891. The zero-order valence-electron chi connectivity index (χ0n) is 10.4. The standard InChI is InChI=1S/C12H20N2O3.ClH/c15-10-5-8-1-2-9(6-10)14(8)12(16)11-7-13-3-4-17-11;/h8-11,13,15H,1-7H2;1H. The second-order valence-corrected chi connectivity index (χ2v) is 5.32. The highest BCUT2D eigenvalue weighted by Crippen LogP contribution is 2.36. The van der Waals surface area contributed by atoms with Gasteiger partial charge in [0.05, 0.1) is 12.7 Å². The molecule has 3 aliphatic rings. The lowest BCUT2D eigenvalue weighted by Crippen LogP contribution is -2.55. The number of piperidine rings is 1. The van der Waals surface area contributed by atoms with E-state index in [4.69, 9.17) is 4.74 Å². The first kappa shape index (κ1) is 14.1. The van der Waals surface area contributed by atoms with E-state index in [1.54, 1.807) is 0 Å². The highest BCUT2D eigenvalue weighted by Gasteiger charge is 2.44. The molecule has 0 saturated carbocycles. The summed E-state index contributed by atoms with van der Waals surface area (Å²) in [5, 5.41) is 12.9. The maximum absolute atomic E-state index is 12.4. The van der Waals surface area contributed by atoms with Gasteiger partial charge in [-0.1, -0.05) is 0 Å². The molecule has 5 nitrogen and oxygen atoms in total. The summed E-state index contributed by atoms with van der Waals surface area (Å²) in [6.07, 6.45) is 3.01. The molecule has 0 spiro atoms. The van der Waals surface area contributed by atoms with Crippen LogP contribution >= 0.6 is 12.4 Å². The van der Waals surface area contributed by atoms with Crippen LogP contribution in [-0.2, 0) is 9.53 Å². The molecule has 3 aliphatic heterocycles. The summed E-state index contributed by atoms with van der Waals surface area (Å²) >= 11 is 0. The van der Waals surface area contributed by atoms with Crippen LogP contribution in [0.1, 0.15) is 25.7 Å². The second-order valence-electron chi connectivity index (χ2n) is 5.32. The number of halogens is 1. The number of fused-ring (bicyclic) bond motifs is 2. The molecule has 0 aromatic rings.